The fourth-order valence-electron chi connectivity index (χ4n) is 9.93. The lowest BCUT2D eigenvalue weighted by Gasteiger charge is -2.62. The summed E-state index contributed by atoms with van der Waals surface area (Å²) in [4.78, 5) is 11.8. The number of carbonyl (C=O) groups is 1. The quantitative estimate of drug-likeness (QED) is 0.278. The molecule has 0 aromatic heterocycles. The standard InChI is InChI=1S/C33H54O2/c1-21(2)22(3)11-12-23(4)25-15-19-33(10)27-13-14-28-30(6,7)29(35-24(5)34)17-18-31(28,8)26(27)16-20-32(25,33)9/h21,23,25,28-29H,3,11-20H2,1-2,4-10H3/t23-,25-,28+,29+,31-,32-,33+/m1/s1. The maximum atomic E-state index is 11.8. The first kappa shape index (κ1) is 27.0. The van der Waals surface area contributed by atoms with Crippen molar-refractivity contribution >= 4 is 5.97 Å². The first-order valence-corrected chi connectivity index (χ1v) is 14.8. The largest absolute Gasteiger partial charge is 0.462 e. The molecule has 4 rings (SSSR count). The van der Waals surface area contributed by atoms with Crippen molar-refractivity contribution in [3.63, 3.8) is 0 Å². The number of allylic oxidation sites excluding steroid dienone is 3. The number of ether oxygens (including phenoxy) is 1. The van der Waals surface area contributed by atoms with E-state index in [1.54, 1.807) is 6.92 Å². The Morgan fingerprint density at radius 2 is 1.66 bits per heavy atom. The molecule has 35 heavy (non-hydrogen) atoms. The second kappa shape index (κ2) is 9.05. The van der Waals surface area contributed by atoms with E-state index in [-0.39, 0.29) is 22.9 Å². The van der Waals surface area contributed by atoms with Crippen molar-refractivity contribution < 1.29 is 9.53 Å². The third-order valence-corrected chi connectivity index (χ3v) is 12.5. The van der Waals surface area contributed by atoms with Gasteiger partial charge in [0.1, 0.15) is 6.10 Å². The van der Waals surface area contributed by atoms with Gasteiger partial charge in [0.05, 0.1) is 0 Å². The molecule has 0 unspecified atom stereocenters. The van der Waals surface area contributed by atoms with Gasteiger partial charge >= 0.3 is 5.97 Å². The molecule has 4 aliphatic rings. The van der Waals surface area contributed by atoms with Gasteiger partial charge in [0.2, 0.25) is 0 Å². The second-order valence-electron chi connectivity index (χ2n) is 14.6. The molecule has 0 amide bonds. The Bertz CT molecular complexity index is 893. The summed E-state index contributed by atoms with van der Waals surface area (Å²) in [6, 6.07) is 0. The normalized spacial score (nSPS) is 41.1. The summed E-state index contributed by atoms with van der Waals surface area (Å²) in [5, 5.41) is 0. The van der Waals surface area contributed by atoms with Gasteiger partial charge in [0, 0.05) is 12.3 Å². The van der Waals surface area contributed by atoms with Gasteiger partial charge in [-0.25, -0.2) is 0 Å². The van der Waals surface area contributed by atoms with Crippen molar-refractivity contribution in [1.29, 1.82) is 0 Å². The maximum Gasteiger partial charge on any atom is 0.302 e. The highest BCUT2D eigenvalue weighted by Gasteiger charge is 2.63. The average molecular weight is 483 g/mol. The van der Waals surface area contributed by atoms with Crippen LogP contribution < -0.4 is 0 Å². The van der Waals surface area contributed by atoms with Crippen LogP contribution in [0.25, 0.3) is 0 Å². The molecule has 0 aromatic carbocycles. The zero-order valence-electron chi connectivity index (χ0n) is 24.5. The fraction of sp³-hybridized carbons (Fsp3) is 0.848. The molecule has 198 valence electrons. The molecule has 0 aromatic rings. The van der Waals surface area contributed by atoms with Crippen LogP contribution in [0, 0.1) is 45.3 Å². The van der Waals surface area contributed by atoms with Gasteiger partial charge in [-0.15, -0.1) is 0 Å². The maximum absolute atomic E-state index is 11.8. The van der Waals surface area contributed by atoms with Crippen LogP contribution in [-0.2, 0) is 9.53 Å². The highest BCUT2D eigenvalue weighted by molar-refractivity contribution is 5.66. The SMILES string of the molecule is C=C(CC[C@@H](C)[C@H]1CC[C@@]2(C)C3=C(CC[C@]12C)[C@@]1(C)CC[C@H](OC(C)=O)C(C)(C)[C@@H]1CC3)C(C)C. The van der Waals surface area contributed by atoms with Crippen LogP contribution in [-0.4, -0.2) is 12.1 Å². The fourth-order valence-corrected chi connectivity index (χ4v) is 9.93. The Kier molecular flexibility index (Phi) is 6.98. The van der Waals surface area contributed by atoms with Crippen LogP contribution >= 0.6 is 0 Å². The van der Waals surface area contributed by atoms with Crippen molar-refractivity contribution in [2.45, 2.75) is 133 Å². The van der Waals surface area contributed by atoms with Gasteiger partial charge < -0.3 is 4.74 Å². The lowest BCUT2D eigenvalue weighted by atomic mass is 9.43. The molecule has 0 bridgehead atoms. The van der Waals surface area contributed by atoms with Gasteiger partial charge in [-0.2, -0.15) is 0 Å². The number of rotatable bonds is 6. The van der Waals surface area contributed by atoms with E-state index in [9.17, 15) is 4.79 Å². The van der Waals surface area contributed by atoms with E-state index >= 15 is 0 Å². The van der Waals surface area contributed by atoms with Crippen molar-refractivity contribution in [2.24, 2.45) is 45.3 Å². The lowest BCUT2D eigenvalue weighted by Crippen LogP contribution is -2.55. The predicted octanol–water partition coefficient (Wildman–Crippen LogP) is 9.30. The van der Waals surface area contributed by atoms with E-state index in [4.69, 9.17) is 4.74 Å². The van der Waals surface area contributed by atoms with Crippen LogP contribution in [0.3, 0.4) is 0 Å². The molecule has 0 aliphatic heterocycles. The van der Waals surface area contributed by atoms with E-state index in [0.29, 0.717) is 22.7 Å². The highest BCUT2D eigenvalue weighted by Crippen LogP contribution is 2.72. The first-order valence-electron chi connectivity index (χ1n) is 14.8. The number of fused-ring (bicyclic) bond motifs is 4. The topological polar surface area (TPSA) is 26.3 Å². The monoisotopic (exact) mass is 482 g/mol. The zero-order chi connectivity index (χ0) is 26.0. The lowest BCUT2D eigenvalue weighted by molar-refractivity contribution is -0.167. The third kappa shape index (κ3) is 4.08. The molecule has 4 aliphatic carbocycles. The van der Waals surface area contributed by atoms with Crippen LogP contribution in [0.2, 0.25) is 0 Å². The number of carbonyl (C=O) groups excluding carboxylic acids is 1. The summed E-state index contributed by atoms with van der Waals surface area (Å²) in [5.41, 5.74) is 6.16. The number of hydrogen-bond acceptors (Lipinski definition) is 2. The Hall–Kier alpha value is -1.05. The van der Waals surface area contributed by atoms with E-state index in [1.165, 1.54) is 63.4 Å². The summed E-state index contributed by atoms with van der Waals surface area (Å²) in [5.74, 6) is 2.67. The van der Waals surface area contributed by atoms with Gasteiger partial charge in [-0.05, 0) is 104 Å². The van der Waals surface area contributed by atoms with E-state index < -0.39 is 0 Å². The average Bonchev–Trinajstić information content (AvgIpc) is 3.05. The Morgan fingerprint density at radius 3 is 2.29 bits per heavy atom. The Morgan fingerprint density at radius 1 is 0.971 bits per heavy atom. The molecule has 7 atom stereocenters. The van der Waals surface area contributed by atoms with E-state index in [1.807, 2.05) is 11.1 Å². The van der Waals surface area contributed by atoms with Crippen LogP contribution in [0.5, 0.6) is 0 Å². The number of hydrogen-bond donors (Lipinski definition) is 0. The summed E-state index contributed by atoms with van der Waals surface area (Å²) in [6.07, 6.45) is 12.6. The van der Waals surface area contributed by atoms with Crippen LogP contribution in [0.1, 0.15) is 127 Å². The highest BCUT2D eigenvalue weighted by atomic mass is 16.5. The van der Waals surface area contributed by atoms with E-state index in [0.717, 1.165) is 18.3 Å². The van der Waals surface area contributed by atoms with Crippen LogP contribution in [0.4, 0.5) is 0 Å². The van der Waals surface area contributed by atoms with Gasteiger partial charge in [-0.1, -0.05) is 78.7 Å². The molecule has 2 fully saturated rings. The smallest absolute Gasteiger partial charge is 0.302 e. The molecular weight excluding hydrogens is 428 g/mol. The minimum Gasteiger partial charge on any atom is -0.462 e. The molecule has 2 nitrogen and oxygen atoms in total. The van der Waals surface area contributed by atoms with Crippen LogP contribution in [0.15, 0.2) is 23.3 Å². The predicted molar refractivity (Wildman–Crippen MR) is 147 cm³/mol. The molecule has 0 N–H and O–H groups in total. The van der Waals surface area contributed by atoms with Gasteiger partial charge in [-0.3, -0.25) is 4.79 Å². The molecule has 2 heteroatoms. The summed E-state index contributed by atoms with van der Waals surface area (Å²) in [7, 11) is 0. The zero-order valence-corrected chi connectivity index (χ0v) is 24.5. The van der Waals surface area contributed by atoms with Crippen molar-refractivity contribution in [1.82, 2.24) is 0 Å². The molecule has 2 saturated carbocycles. The van der Waals surface area contributed by atoms with Crippen molar-refractivity contribution in [2.75, 3.05) is 0 Å². The minimum absolute atomic E-state index is 0.0321. The molecule has 0 saturated heterocycles. The molecule has 0 heterocycles. The third-order valence-electron chi connectivity index (χ3n) is 12.5. The molecular formula is C33H54O2. The van der Waals surface area contributed by atoms with Gasteiger partial charge in [0.15, 0.2) is 0 Å². The molecule has 0 spiro atoms. The van der Waals surface area contributed by atoms with Gasteiger partial charge in [0.25, 0.3) is 0 Å². The Labute approximate surface area is 216 Å². The molecule has 0 radical (unpaired) electrons. The summed E-state index contributed by atoms with van der Waals surface area (Å²) < 4.78 is 5.88. The van der Waals surface area contributed by atoms with Crippen molar-refractivity contribution in [3.05, 3.63) is 23.3 Å². The van der Waals surface area contributed by atoms with E-state index in [2.05, 4.69) is 62.0 Å². The second-order valence-corrected chi connectivity index (χ2v) is 14.6. The summed E-state index contributed by atoms with van der Waals surface area (Å²) in [6.45, 7) is 25.7. The first-order chi connectivity index (χ1) is 16.2. The Balaban J connectivity index is 1.61. The summed E-state index contributed by atoms with van der Waals surface area (Å²) >= 11 is 0. The number of esters is 1. The van der Waals surface area contributed by atoms with Crippen molar-refractivity contribution in [3.8, 4) is 0 Å². The minimum atomic E-state index is -0.119.